The molecule has 0 spiro atoms. The Hall–Kier alpha value is -1.36. The lowest BCUT2D eigenvalue weighted by Gasteiger charge is -2.29. The van der Waals surface area contributed by atoms with E-state index in [0.717, 1.165) is 50.3 Å². The van der Waals surface area contributed by atoms with E-state index in [1.807, 2.05) is 6.07 Å². The van der Waals surface area contributed by atoms with Gasteiger partial charge in [-0.1, -0.05) is 20.8 Å². The first-order valence-electron chi connectivity index (χ1n) is 6.97. The van der Waals surface area contributed by atoms with Gasteiger partial charge in [0.25, 0.3) is 0 Å². The summed E-state index contributed by atoms with van der Waals surface area (Å²) in [5.74, 6) is 2.79. The second kappa shape index (κ2) is 5.74. The summed E-state index contributed by atoms with van der Waals surface area (Å²) in [4.78, 5) is 11.6. The van der Waals surface area contributed by atoms with Gasteiger partial charge in [-0.15, -0.1) is 0 Å². The number of anilines is 2. The summed E-state index contributed by atoms with van der Waals surface area (Å²) < 4.78 is 5.40. The Kier molecular flexibility index (Phi) is 4.24. The Bertz CT molecular complexity index is 422. The molecule has 0 saturated carbocycles. The first-order chi connectivity index (χ1) is 9.00. The van der Waals surface area contributed by atoms with Gasteiger partial charge in [-0.2, -0.15) is 0 Å². The lowest BCUT2D eigenvalue weighted by atomic mass is 9.96. The normalized spacial score (nSPS) is 16.5. The summed E-state index contributed by atoms with van der Waals surface area (Å²) in [6.07, 6.45) is 0. The molecule has 1 aromatic rings. The number of nitrogens with one attached hydrogen (secondary N) is 1. The van der Waals surface area contributed by atoms with Crippen LogP contribution in [0.2, 0.25) is 0 Å². The smallest absolute Gasteiger partial charge is 0.138 e. The Morgan fingerprint density at radius 1 is 1.26 bits per heavy atom. The summed E-state index contributed by atoms with van der Waals surface area (Å²) in [5.41, 5.74) is -0.0491. The fourth-order valence-electron chi connectivity index (χ4n) is 2.00. The van der Waals surface area contributed by atoms with Crippen molar-refractivity contribution in [3.63, 3.8) is 0 Å². The zero-order valence-electron chi connectivity index (χ0n) is 12.4. The van der Waals surface area contributed by atoms with Crippen molar-refractivity contribution in [2.45, 2.75) is 33.1 Å². The van der Waals surface area contributed by atoms with Crippen LogP contribution in [-0.2, 0) is 10.2 Å². The lowest BCUT2D eigenvalue weighted by Crippen LogP contribution is -2.37. The summed E-state index contributed by atoms with van der Waals surface area (Å²) in [7, 11) is 0. The molecule has 5 nitrogen and oxygen atoms in total. The van der Waals surface area contributed by atoms with Crippen LogP contribution in [0.25, 0.3) is 0 Å². The summed E-state index contributed by atoms with van der Waals surface area (Å²) in [6.45, 7) is 12.7. The quantitative estimate of drug-likeness (QED) is 0.905. The van der Waals surface area contributed by atoms with E-state index < -0.39 is 0 Å². The molecular weight excluding hydrogens is 240 g/mol. The summed E-state index contributed by atoms with van der Waals surface area (Å²) in [5, 5.41) is 3.29. The van der Waals surface area contributed by atoms with Crippen molar-refractivity contribution in [3.05, 3.63) is 11.9 Å². The highest BCUT2D eigenvalue weighted by Crippen LogP contribution is 2.24. The third-order valence-corrected chi connectivity index (χ3v) is 3.08. The van der Waals surface area contributed by atoms with Crippen LogP contribution >= 0.6 is 0 Å². The van der Waals surface area contributed by atoms with Gasteiger partial charge in [0.2, 0.25) is 0 Å². The number of rotatable bonds is 3. The molecule has 0 aromatic carbocycles. The average Bonchev–Trinajstić information content (AvgIpc) is 2.39. The highest BCUT2D eigenvalue weighted by atomic mass is 16.5. The molecule has 1 aromatic heterocycles. The number of hydrogen-bond acceptors (Lipinski definition) is 5. The summed E-state index contributed by atoms with van der Waals surface area (Å²) in [6, 6.07) is 2.03. The molecule has 0 amide bonds. The van der Waals surface area contributed by atoms with Crippen molar-refractivity contribution >= 4 is 11.6 Å². The fraction of sp³-hybridized carbons (Fsp3) is 0.714. The molecule has 1 aliphatic rings. The van der Waals surface area contributed by atoms with Gasteiger partial charge < -0.3 is 15.0 Å². The predicted octanol–water partition coefficient (Wildman–Crippen LogP) is 2.04. The van der Waals surface area contributed by atoms with Gasteiger partial charge in [-0.3, -0.25) is 0 Å². The second-order valence-corrected chi connectivity index (χ2v) is 5.81. The van der Waals surface area contributed by atoms with E-state index in [-0.39, 0.29) is 5.41 Å². The van der Waals surface area contributed by atoms with Gasteiger partial charge in [0, 0.05) is 31.1 Å². The van der Waals surface area contributed by atoms with Gasteiger partial charge in [-0.05, 0) is 6.92 Å². The van der Waals surface area contributed by atoms with Crippen molar-refractivity contribution in [2.24, 2.45) is 0 Å². The number of ether oxygens (including phenoxy) is 1. The van der Waals surface area contributed by atoms with E-state index in [0.29, 0.717) is 0 Å². The molecule has 0 radical (unpaired) electrons. The third-order valence-electron chi connectivity index (χ3n) is 3.08. The van der Waals surface area contributed by atoms with Crippen molar-refractivity contribution < 1.29 is 4.74 Å². The maximum absolute atomic E-state index is 5.40. The number of morpholine rings is 1. The number of aromatic nitrogens is 2. The number of nitrogens with zero attached hydrogens (tertiary/aromatic N) is 3. The Morgan fingerprint density at radius 3 is 2.53 bits per heavy atom. The molecule has 2 rings (SSSR count). The van der Waals surface area contributed by atoms with E-state index in [4.69, 9.17) is 9.72 Å². The largest absolute Gasteiger partial charge is 0.378 e. The zero-order chi connectivity index (χ0) is 13.9. The molecule has 1 aliphatic heterocycles. The average molecular weight is 264 g/mol. The maximum atomic E-state index is 5.40. The van der Waals surface area contributed by atoms with Crippen LogP contribution < -0.4 is 10.2 Å². The van der Waals surface area contributed by atoms with E-state index in [1.54, 1.807) is 0 Å². The summed E-state index contributed by atoms with van der Waals surface area (Å²) >= 11 is 0. The van der Waals surface area contributed by atoms with Gasteiger partial charge in [0.1, 0.15) is 17.5 Å². The van der Waals surface area contributed by atoms with Crippen molar-refractivity contribution in [1.29, 1.82) is 0 Å². The highest BCUT2D eigenvalue weighted by molar-refractivity contribution is 5.50. The molecule has 5 heteroatoms. The molecule has 0 bridgehead atoms. The second-order valence-electron chi connectivity index (χ2n) is 5.81. The molecular formula is C14H24N4O. The number of hydrogen-bond donors (Lipinski definition) is 1. The van der Waals surface area contributed by atoms with E-state index in [9.17, 15) is 0 Å². The molecule has 19 heavy (non-hydrogen) atoms. The SMILES string of the molecule is CCNc1cc(N2CCOCC2)nc(C(C)(C)C)n1. The van der Waals surface area contributed by atoms with E-state index in [2.05, 4.69) is 42.9 Å². The fourth-order valence-corrected chi connectivity index (χ4v) is 2.00. The molecule has 1 N–H and O–H groups in total. The van der Waals surface area contributed by atoms with Crippen LogP contribution in [0.5, 0.6) is 0 Å². The van der Waals surface area contributed by atoms with E-state index >= 15 is 0 Å². The standard InChI is InChI=1S/C14H24N4O/c1-5-15-11-10-12(18-6-8-19-9-7-18)17-13(16-11)14(2,3)4/h10H,5-9H2,1-4H3,(H,15,16,17). The minimum Gasteiger partial charge on any atom is -0.378 e. The first kappa shape index (κ1) is 14.1. The molecule has 106 valence electrons. The lowest BCUT2D eigenvalue weighted by molar-refractivity contribution is 0.122. The van der Waals surface area contributed by atoms with Crippen molar-refractivity contribution in [3.8, 4) is 0 Å². The van der Waals surface area contributed by atoms with Crippen LogP contribution in [0.4, 0.5) is 11.6 Å². The van der Waals surface area contributed by atoms with Crippen molar-refractivity contribution in [2.75, 3.05) is 43.1 Å². The van der Waals surface area contributed by atoms with Gasteiger partial charge in [0.05, 0.1) is 13.2 Å². The molecule has 0 aliphatic carbocycles. The Balaban J connectivity index is 2.33. The minimum absolute atomic E-state index is 0.0491. The molecule has 1 saturated heterocycles. The van der Waals surface area contributed by atoms with Gasteiger partial charge in [-0.25, -0.2) is 9.97 Å². The Morgan fingerprint density at radius 2 is 1.95 bits per heavy atom. The topological polar surface area (TPSA) is 50.3 Å². The van der Waals surface area contributed by atoms with Crippen LogP contribution in [-0.4, -0.2) is 42.8 Å². The molecule has 0 atom stereocenters. The van der Waals surface area contributed by atoms with Crippen LogP contribution in [0.3, 0.4) is 0 Å². The predicted molar refractivity (Wildman–Crippen MR) is 77.9 cm³/mol. The first-order valence-corrected chi connectivity index (χ1v) is 6.97. The molecule has 2 heterocycles. The highest BCUT2D eigenvalue weighted by Gasteiger charge is 2.21. The molecule has 0 unspecified atom stereocenters. The maximum Gasteiger partial charge on any atom is 0.138 e. The zero-order valence-corrected chi connectivity index (χ0v) is 12.4. The van der Waals surface area contributed by atoms with Gasteiger partial charge in [0.15, 0.2) is 0 Å². The van der Waals surface area contributed by atoms with Crippen LogP contribution in [0.1, 0.15) is 33.5 Å². The van der Waals surface area contributed by atoms with E-state index in [1.165, 1.54) is 0 Å². The Labute approximate surface area is 115 Å². The van der Waals surface area contributed by atoms with Gasteiger partial charge >= 0.3 is 0 Å². The van der Waals surface area contributed by atoms with Crippen LogP contribution in [0.15, 0.2) is 6.07 Å². The van der Waals surface area contributed by atoms with Crippen molar-refractivity contribution in [1.82, 2.24) is 9.97 Å². The monoisotopic (exact) mass is 264 g/mol. The third kappa shape index (κ3) is 3.56. The molecule has 1 fully saturated rings. The minimum atomic E-state index is -0.0491. The van der Waals surface area contributed by atoms with Crippen LogP contribution in [0, 0.1) is 0 Å².